The molecule has 4 nitrogen and oxygen atoms in total. The number of hydrogen-bond donors (Lipinski definition) is 1. The summed E-state index contributed by atoms with van der Waals surface area (Å²) in [5.74, 6) is 2.63. The standard InChI is InChI=1S/C28H32O4.C2H6/c1-3-11-27(2)12-10-23-21-7-4-17-13-19(29)6-8-20(17)26(21)22(15-28(23,27)30)18-5-9-24-25(14-18)32-16-31-24;1-2/h3,5,9,11,13-14,21-23,30H,4,6-8,10,12,15-16H2,1-2H3;1-2H3/t21?,22-,23?,27-,28-;/m1./s1. The first kappa shape index (κ1) is 23.4. The van der Waals surface area contributed by atoms with E-state index in [1.165, 1.54) is 22.3 Å². The highest BCUT2D eigenvalue weighted by molar-refractivity contribution is 5.93. The summed E-state index contributed by atoms with van der Waals surface area (Å²) in [6.07, 6.45) is 12.5. The normalized spacial score (nSPS) is 35.9. The van der Waals surface area contributed by atoms with Crippen molar-refractivity contribution in [1.29, 1.82) is 0 Å². The van der Waals surface area contributed by atoms with Gasteiger partial charge >= 0.3 is 0 Å². The summed E-state index contributed by atoms with van der Waals surface area (Å²) in [5.41, 5.74) is 4.40. The molecule has 1 N–H and O–H groups in total. The van der Waals surface area contributed by atoms with E-state index in [-0.39, 0.29) is 29.8 Å². The topological polar surface area (TPSA) is 55.8 Å². The summed E-state index contributed by atoms with van der Waals surface area (Å²) in [4.78, 5) is 12.2. The van der Waals surface area contributed by atoms with Gasteiger partial charge in [0.2, 0.25) is 6.79 Å². The second-order valence-electron chi connectivity index (χ2n) is 10.6. The number of rotatable bonds is 2. The average molecular weight is 463 g/mol. The third kappa shape index (κ3) is 3.40. The molecule has 0 amide bonds. The quantitative estimate of drug-likeness (QED) is 0.500. The van der Waals surface area contributed by atoms with Crippen LogP contribution in [0.25, 0.3) is 0 Å². The molecule has 34 heavy (non-hydrogen) atoms. The van der Waals surface area contributed by atoms with Crippen LogP contribution < -0.4 is 9.47 Å². The van der Waals surface area contributed by atoms with Crippen molar-refractivity contribution in [3.8, 4) is 11.5 Å². The van der Waals surface area contributed by atoms with Gasteiger partial charge < -0.3 is 14.6 Å². The number of aliphatic hydroxyl groups is 1. The Hall–Kier alpha value is -2.33. The second kappa shape index (κ2) is 8.71. The average Bonchev–Trinajstić information content (AvgIpc) is 3.41. The Balaban J connectivity index is 0.00000117. The maximum absolute atomic E-state index is 12.4. The van der Waals surface area contributed by atoms with Crippen LogP contribution in [-0.4, -0.2) is 23.3 Å². The Kier molecular flexibility index (Phi) is 6.00. The van der Waals surface area contributed by atoms with Crippen LogP contribution in [0, 0.1) is 17.3 Å². The van der Waals surface area contributed by atoms with Gasteiger partial charge in [-0.15, -0.1) is 0 Å². The molecular weight excluding hydrogens is 424 g/mol. The minimum Gasteiger partial charge on any atom is -0.454 e. The molecule has 2 unspecified atom stereocenters. The van der Waals surface area contributed by atoms with Crippen molar-refractivity contribution in [3.63, 3.8) is 0 Å². The molecule has 6 rings (SSSR count). The van der Waals surface area contributed by atoms with Crippen molar-refractivity contribution < 1.29 is 19.4 Å². The highest BCUT2D eigenvalue weighted by Crippen LogP contribution is 2.65. The Bertz CT molecular complexity index is 1080. The molecule has 2 fully saturated rings. The largest absolute Gasteiger partial charge is 0.454 e. The number of carbonyl (C=O) groups excluding carboxylic acids is 1. The van der Waals surface area contributed by atoms with E-state index in [0.717, 1.165) is 43.6 Å². The molecule has 0 aromatic heterocycles. The van der Waals surface area contributed by atoms with Crippen molar-refractivity contribution in [2.45, 2.75) is 84.2 Å². The SMILES string of the molecule is CC.CC=C[C@]1(C)CCC2C3CCC4=CC(=O)CCC4=C3[C@@H](c3ccc4c(c3)OCO4)C[C@@]21O. The fourth-order valence-corrected chi connectivity index (χ4v) is 7.59. The van der Waals surface area contributed by atoms with Crippen molar-refractivity contribution in [3.05, 3.63) is 58.7 Å². The number of fused-ring (bicyclic) bond motifs is 5. The first-order valence-electron chi connectivity index (χ1n) is 13.2. The second-order valence-corrected chi connectivity index (χ2v) is 10.6. The van der Waals surface area contributed by atoms with Gasteiger partial charge in [0.05, 0.1) is 5.60 Å². The van der Waals surface area contributed by atoms with E-state index >= 15 is 0 Å². The minimum absolute atomic E-state index is 0.130. The zero-order valence-corrected chi connectivity index (χ0v) is 21.0. The van der Waals surface area contributed by atoms with Gasteiger partial charge in [0.15, 0.2) is 17.3 Å². The smallest absolute Gasteiger partial charge is 0.231 e. The maximum Gasteiger partial charge on any atom is 0.231 e. The molecule has 5 atom stereocenters. The molecule has 1 aliphatic heterocycles. The van der Waals surface area contributed by atoms with E-state index in [9.17, 15) is 9.90 Å². The lowest BCUT2D eigenvalue weighted by Gasteiger charge is -2.53. The van der Waals surface area contributed by atoms with Crippen molar-refractivity contribution in [1.82, 2.24) is 0 Å². The van der Waals surface area contributed by atoms with Gasteiger partial charge in [-0.25, -0.2) is 0 Å². The number of allylic oxidation sites excluding steroid dienone is 5. The summed E-state index contributed by atoms with van der Waals surface area (Å²) in [6.45, 7) is 8.57. The molecule has 4 aliphatic carbocycles. The van der Waals surface area contributed by atoms with Gasteiger partial charge in [-0.05, 0) is 92.2 Å². The number of benzene rings is 1. The van der Waals surface area contributed by atoms with Crippen LogP contribution in [-0.2, 0) is 4.79 Å². The Morgan fingerprint density at radius 1 is 1.09 bits per heavy atom. The predicted molar refractivity (Wildman–Crippen MR) is 134 cm³/mol. The molecule has 4 heteroatoms. The van der Waals surface area contributed by atoms with Crippen LogP contribution in [0.15, 0.2) is 53.1 Å². The summed E-state index contributed by atoms with van der Waals surface area (Å²) in [5, 5.41) is 12.4. The molecular formula is C30H38O4. The third-order valence-electron chi connectivity index (χ3n) is 9.10. The predicted octanol–water partition coefficient (Wildman–Crippen LogP) is 6.65. The lowest BCUT2D eigenvalue weighted by atomic mass is 9.53. The van der Waals surface area contributed by atoms with Gasteiger partial charge in [0.1, 0.15) is 0 Å². The van der Waals surface area contributed by atoms with E-state index in [2.05, 4.69) is 38.1 Å². The maximum atomic E-state index is 12.4. The Morgan fingerprint density at radius 3 is 2.68 bits per heavy atom. The monoisotopic (exact) mass is 462 g/mol. The third-order valence-corrected chi connectivity index (χ3v) is 9.10. The van der Waals surface area contributed by atoms with E-state index in [1.807, 2.05) is 26.0 Å². The van der Waals surface area contributed by atoms with E-state index < -0.39 is 5.60 Å². The van der Waals surface area contributed by atoms with Gasteiger partial charge in [0.25, 0.3) is 0 Å². The van der Waals surface area contributed by atoms with Gasteiger partial charge in [-0.3, -0.25) is 4.79 Å². The lowest BCUT2D eigenvalue weighted by molar-refractivity contribution is -0.115. The minimum atomic E-state index is -0.735. The zero-order valence-electron chi connectivity index (χ0n) is 21.0. The molecule has 0 bridgehead atoms. The molecule has 5 aliphatic rings. The summed E-state index contributed by atoms with van der Waals surface area (Å²) < 4.78 is 11.3. The van der Waals surface area contributed by atoms with Gasteiger partial charge in [0, 0.05) is 17.8 Å². The zero-order chi connectivity index (χ0) is 24.1. The number of ether oxygens (including phenoxy) is 2. The Morgan fingerprint density at radius 2 is 1.88 bits per heavy atom. The van der Waals surface area contributed by atoms with E-state index in [1.54, 1.807) is 0 Å². The molecule has 0 radical (unpaired) electrons. The fraction of sp³-hybridized carbons (Fsp3) is 0.567. The van der Waals surface area contributed by atoms with E-state index in [4.69, 9.17) is 9.47 Å². The number of hydrogen-bond acceptors (Lipinski definition) is 4. The van der Waals surface area contributed by atoms with Crippen LogP contribution in [0.1, 0.15) is 84.1 Å². The Labute approximate surface area is 203 Å². The molecule has 0 spiro atoms. The van der Waals surface area contributed by atoms with Crippen LogP contribution >= 0.6 is 0 Å². The van der Waals surface area contributed by atoms with Crippen LogP contribution in [0.5, 0.6) is 11.5 Å². The molecule has 1 aromatic carbocycles. The molecule has 1 heterocycles. The van der Waals surface area contributed by atoms with Crippen LogP contribution in [0.2, 0.25) is 0 Å². The first-order valence-corrected chi connectivity index (χ1v) is 13.2. The fourth-order valence-electron chi connectivity index (χ4n) is 7.59. The number of ketones is 1. The lowest BCUT2D eigenvalue weighted by Crippen LogP contribution is -2.53. The highest BCUT2D eigenvalue weighted by atomic mass is 16.7. The van der Waals surface area contributed by atoms with Crippen molar-refractivity contribution in [2.75, 3.05) is 6.79 Å². The summed E-state index contributed by atoms with van der Waals surface area (Å²) >= 11 is 0. The van der Waals surface area contributed by atoms with Gasteiger partial charge in [-0.1, -0.05) is 44.6 Å². The van der Waals surface area contributed by atoms with E-state index in [0.29, 0.717) is 18.8 Å². The summed E-state index contributed by atoms with van der Waals surface area (Å²) in [7, 11) is 0. The molecule has 2 saturated carbocycles. The molecule has 0 saturated heterocycles. The van der Waals surface area contributed by atoms with Crippen molar-refractivity contribution in [2.24, 2.45) is 17.3 Å². The molecule has 1 aromatic rings. The number of carbonyl (C=O) groups is 1. The highest BCUT2D eigenvalue weighted by Gasteiger charge is 2.62. The van der Waals surface area contributed by atoms with Crippen LogP contribution in [0.3, 0.4) is 0 Å². The molecule has 182 valence electrons. The first-order chi connectivity index (χ1) is 16.4. The van der Waals surface area contributed by atoms with Crippen molar-refractivity contribution >= 4 is 5.78 Å². The van der Waals surface area contributed by atoms with Gasteiger partial charge in [-0.2, -0.15) is 0 Å². The summed E-state index contributed by atoms with van der Waals surface area (Å²) in [6, 6.07) is 6.29. The van der Waals surface area contributed by atoms with Crippen LogP contribution in [0.4, 0.5) is 0 Å².